The van der Waals surface area contributed by atoms with Crippen molar-refractivity contribution in [2.24, 2.45) is 0 Å². The maximum atomic E-state index is 10.7. The van der Waals surface area contributed by atoms with Crippen LogP contribution in [0.3, 0.4) is 0 Å². The molecule has 0 aromatic carbocycles. The molecule has 4 nitrogen and oxygen atoms in total. The van der Waals surface area contributed by atoms with E-state index in [1.54, 1.807) is 0 Å². The van der Waals surface area contributed by atoms with E-state index in [9.17, 15) is 14.7 Å². The zero-order chi connectivity index (χ0) is 9.40. The Labute approximate surface area is 99.9 Å². The summed E-state index contributed by atoms with van der Waals surface area (Å²) in [6.07, 6.45) is 1.42. The molecule has 0 aliphatic rings. The van der Waals surface area contributed by atoms with Crippen molar-refractivity contribution in [2.75, 3.05) is 6.61 Å². The van der Waals surface area contributed by atoms with Crippen LogP contribution in [0.5, 0.6) is 0 Å². The molecule has 0 saturated carbocycles. The van der Waals surface area contributed by atoms with Crippen LogP contribution >= 0.6 is 0 Å². The van der Waals surface area contributed by atoms with Crippen molar-refractivity contribution in [1.29, 1.82) is 0 Å². The van der Waals surface area contributed by atoms with Gasteiger partial charge in [0.15, 0.2) is 0 Å². The average molecular weight is 196 g/mol. The predicted octanol–water partition coefficient (Wildman–Crippen LogP) is -3.14. The number of carbonyl (C=O) groups excluding carboxylic acids is 2. The molecule has 13 heavy (non-hydrogen) atoms. The van der Waals surface area contributed by atoms with Crippen LogP contribution in [0, 0.1) is 0 Å². The first-order valence-corrected chi connectivity index (χ1v) is 4.02. The molecule has 0 radical (unpaired) electrons. The van der Waals surface area contributed by atoms with E-state index in [1.165, 1.54) is 0 Å². The Morgan fingerprint density at radius 3 is 2.38 bits per heavy atom. The molecular weight excluding hydrogens is 183 g/mol. The fraction of sp³-hybridized carbons (Fsp3) is 0.750. The van der Waals surface area contributed by atoms with Gasteiger partial charge in [-0.1, -0.05) is 13.3 Å². The van der Waals surface area contributed by atoms with Gasteiger partial charge in [-0.2, -0.15) is 0 Å². The van der Waals surface area contributed by atoms with E-state index in [1.807, 2.05) is 6.92 Å². The van der Waals surface area contributed by atoms with Crippen LogP contribution < -0.4 is 34.7 Å². The van der Waals surface area contributed by atoms with Crippen LogP contribution in [-0.4, -0.2) is 18.5 Å². The largest absolute Gasteiger partial charge is 1.00 e. The van der Waals surface area contributed by atoms with Crippen LogP contribution in [-0.2, 0) is 14.3 Å². The summed E-state index contributed by atoms with van der Waals surface area (Å²) in [6, 6.07) is 0. The molecule has 0 aromatic rings. The molecule has 0 N–H and O–H groups in total. The van der Waals surface area contributed by atoms with Gasteiger partial charge in [-0.05, 0) is 12.8 Å². The van der Waals surface area contributed by atoms with E-state index >= 15 is 0 Å². The van der Waals surface area contributed by atoms with Gasteiger partial charge in [0.2, 0.25) is 0 Å². The molecular formula is C8H13NaO4. The van der Waals surface area contributed by atoms with Crippen molar-refractivity contribution in [3.05, 3.63) is 0 Å². The van der Waals surface area contributed by atoms with Crippen LogP contribution in [0.4, 0.5) is 0 Å². The first kappa shape index (κ1) is 15.4. The van der Waals surface area contributed by atoms with Gasteiger partial charge in [0.05, 0.1) is 13.0 Å². The van der Waals surface area contributed by atoms with E-state index in [2.05, 4.69) is 0 Å². The van der Waals surface area contributed by atoms with E-state index in [0.29, 0.717) is 6.61 Å². The molecule has 70 valence electrons. The molecule has 0 heterocycles. The number of hydrogen-bond acceptors (Lipinski definition) is 4. The zero-order valence-electron chi connectivity index (χ0n) is 8.17. The number of hydrogen-bond donors (Lipinski definition) is 0. The average Bonchev–Trinajstić information content (AvgIpc) is 2.01. The number of ether oxygens (including phenoxy) is 1. The predicted molar refractivity (Wildman–Crippen MR) is 40.1 cm³/mol. The minimum atomic E-state index is -1.22. The molecule has 0 spiro atoms. The molecule has 0 aliphatic carbocycles. The number of carbonyl (C=O) groups is 2. The summed E-state index contributed by atoms with van der Waals surface area (Å²) in [4.78, 5) is 20.6. The third kappa shape index (κ3) is 11.9. The van der Waals surface area contributed by atoms with Gasteiger partial charge in [-0.3, -0.25) is 4.79 Å². The monoisotopic (exact) mass is 196 g/mol. The first-order chi connectivity index (χ1) is 5.66. The normalized spacial score (nSPS) is 8.69. The molecule has 0 amide bonds. The maximum Gasteiger partial charge on any atom is 1.00 e. The standard InChI is InChI=1S/C8H14O4.Na/c1-2-3-6-12-8(11)5-4-7(9)10;/h2-6H2,1H3,(H,9,10);/q;+1/p-1. The smallest absolute Gasteiger partial charge is 0.550 e. The Bertz CT molecular complexity index is 158. The number of carboxylic acid groups (broad SMARTS) is 1. The fourth-order valence-electron chi connectivity index (χ4n) is 0.607. The van der Waals surface area contributed by atoms with Gasteiger partial charge in [0.25, 0.3) is 0 Å². The van der Waals surface area contributed by atoms with Crippen LogP contribution in [0.1, 0.15) is 32.6 Å². The minimum absolute atomic E-state index is 0. The van der Waals surface area contributed by atoms with E-state index in [4.69, 9.17) is 4.74 Å². The topological polar surface area (TPSA) is 66.4 Å². The fourth-order valence-corrected chi connectivity index (χ4v) is 0.607. The van der Waals surface area contributed by atoms with Crippen LogP contribution in [0.15, 0.2) is 0 Å². The van der Waals surface area contributed by atoms with Gasteiger partial charge in [-0.15, -0.1) is 0 Å². The summed E-state index contributed by atoms with van der Waals surface area (Å²) < 4.78 is 4.70. The van der Waals surface area contributed by atoms with Crippen molar-refractivity contribution < 1.29 is 49.0 Å². The second kappa shape index (κ2) is 10.0. The second-order valence-electron chi connectivity index (χ2n) is 2.45. The Balaban J connectivity index is 0. The molecule has 0 bridgehead atoms. The number of esters is 1. The second-order valence-corrected chi connectivity index (χ2v) is 2.45. The molecule has 0 fully saturated rings. The Morgan fingerprint density at radius 1 is 1.31 bits per heavy atom. The van der Waals surface area contributed by atoms with Gasteiger partial charge in [0.1, 0.15) is 0 Å². The molecule has 0 unspecified atom stereocenters. The van der Waals surface area contributed by atoms with Gasteiger partial charge < -0.3 is 14.6 Å². The van der Waals surface area contributed by atoms with E-state index in [0.717, 1.165) is 12.8 Å². The summed E-state index contributed by atoms with van der Waals surface area (Å²) >= 11 is 0. The number of rotatable bonds is 6. The Morgan fingerprint density at radius 2 is 1.92 bits per heavy atom. The third-order valence-electron chi connectivity index (χ3n) is 1.29. The molecule has 0 rings (SSSR count). The van der Waals surface area contributed by atoms with Gasteiger partial charge >= 0.3 is 35.5 Å². The Hall–Kier alpha value is -0.0600. The zero-order valence-corrected chi connectivity index (χ0v) is 10.2. The van der Waals surface area contributed by atoms with E-state index < -0.39 is 11.9 Å². The van der Waals surface area contributed by atoms with Gasteiger partial charge in [0, 0.05) is 5.97 Å². The van der Waals surface area contributed by atoms with Gasteiger partial charge in [-0.25, -0.2) is 0 Å². The quantitative estimate of drug-likeness (QED) is 0.256. The van der Waals surface area contributed by atoms with E-state index in [-0.39, 0.29) is 42.4 Å². The summed E-state index contributed by atoms with van der Waals surface area (Å²) in [7, 11) is 0. The molecule has 0 saturated heterocycles. The molecule has 0 aliphatic heterocycles. The van der Waals surface area contributed by atoms with Crippen molar-refractivity contribution >= 4 is 11.9 Å². The van der Waals surface area contributed by atoms with Crippen molar-refractivity contribution in [3.63, 3.8) is 0 Å². The molecule has 0 aromatic heterocycles. The SMILES string of the molecule is CCCCOC(=O)CCC(=O)[O-].[Na+]. The van der Waals surface area contributed by atoms with Crippen molar-refractivity contribution in [2.45, 2.75) is 32.6 Å². The summed E-state index contributed by atoms with van der Waals surface area (Å²) in [5.41, 5.74) is 0. The summed E-state index contributed by atoms with van der Waals surface area (Å²) in [5, 5.41) is 9.91. The summed E-state index contributed by atoms with van der Waals surface area (Å²) in [5.74, 6) is -1.69. The maximum absolute atomic E-state index is 10.7. The number of unbranched alkanes of at least 4 members (excludes halogenated alkanes) is 1. The van der Waals surface area contributed by atoms with Crippen LogP contribution in [0.25, 0.3) is 0 Å². The molecule has 5 heteroatoms. The first-order valence-electron chi connectivity index (χ1n) is 4.02. The van der Waals surface area contributed by atoms with Crippen molar-refractivity contribution in [1.82, 2.24) is 0 Å². The minimum Gasteiger partial charge on any atom is -0.550 e. The Kier molecular flexibility index (Phi) is 11.9. The van der Waals surface area contributed by atoms with Crippen LogP contribution in [0.2, 0.25) is 0 Å². The number of carboxylic acids is 1. The molecule has 0 atom stereocenters. The third-order valence-corrected chi connectivity index (χ3v) is 1.29. The number of aliphatic carboxylic acids is 1. The summed E-state index contributed by atoms with van der Waals surface area (Å²) in [6.45, 7) is 2.36. The van der Waals surface area contributed by atoms with Crippen molar-refractivity contribution in [3.8, 4) is 0 Å².